The molecule has 0 spiro atoms. The van der Waals surface area contributed by atoms with Crippen molar-refractivity contribution < 1.29 is 9.59 Å². The molecular weight excluding hydrogens is 408 g/mol. The van der Waals surface area contributed by atoms with Gasteiger partial charge in [0.2, 0.25) is 5.91 Å². The highest BCUT2D eigenvalue weighted by Crippen LogP contribution is 2.34. The Morgan fingerprint density at radius 3 is 2.41 bits per heavy atom. The van der Waals surface area contributed by atoms with Crippen LogP contribution in [0.1, 0.15) is 62.3 Å². The minimum Gasteiger partial charge on any atom is -0.339 e. The summed E-state index contributed by atoms with van der Waals surface area (Å²) in [5, 5.41) is 4.59. The second-order valence-electron chi connectivity index (χ2n) is 10.2. The summed E-state index contributed by atoms with van der Waals surface area (Å²) in [7, 11) is 0. The summed E-state index contributed by atoms with van der Waals surface area (Å²) in [4.78, 5) is 45.9. The number of aromatic nitrogens is 3. The van der Waals surface area contributed by atoms with Gasteiger partial charge in [0.05, 0.1) is 17.8 Å². The number of hydrogen-bond donors (Lipinski definition) is 0. The Bertz CT molecular complexity index is 1150. The number of carbonyl (C=O) groups excluding carboxylic acids is 2. The van der Waals surface area contributed by atoms with Crippen molar-refractivity contribution in [2.24, 2.45) is 0 Å². The third kappa shape index (κ3) is 3.43. The lowest BCUT2D eigenvalue weighted by atomic mass is 9.93. The summed E-state index contributed by atoms with van der Waals surface area (Å²) in [6, 6.07) is 2.06. The molecule has 0 aromatic carbocycles. The summed E-state index contributed by atoms with van der Waals surface area (Å²) in [6.45, 7) is 12.6. The van der Waals surface area contributed by atoms with Crippen LogP contribution in [0, 0.1) is 0 Å². The van der Waals surface area contributed by atoms with E-state index in [4.69, 9.17) is 0 Å². The number of carbonyl (C=O) groups is 2. The van der Waals surface area contributed by atoms with Crippen LogP contribution >= 0.6 is 0 Å². The number of hydrogen-bond acceptors (Lipinski definition) is 5. The van der Waals surface area contributed by atoms with Crippen LogP contribution in [-0.4, -0.2) is 79.5 Å². The molecule has 0 atom stereocenters. The first-order valence-corrected chi connectivity index (χ1v) is 11.7. The van der Waals surface area contributed by atoms with Crippen molar-refractivity contribution in [3.05, 3.63) is 33.4 Å². The van der Waals surface area contributed by atoms with Crippen LogP contribution < -0.4 is 5.56 Å². The van der Waals surface area contributed by atoms with E-state index in [9.17, 15) is 14.4 Å². The maximum atomic E-state index is 13.3. The number of piperazine rings is 1. The lowest BCUT2D eigenvalue weighted by Crippen LogP contribution is -2.49. The van der Waals surface area contributed by atoms with Crippen LogP contribution in [0.25, 0.3) is 5.65 Å². The number of nitrogens with zero attached hydrogens (tertiary/aromatic N) is 6. The zero-order valence-electron chi connectivity index (χ0n) is 19.4. The van der Waals surface area contributed by atoms with Gasteiger partial charge in [-0.3, -0.25) is 14.4 Å². The van der Waals surface area contributed by atoms with E-state index in [-0.39, 0.29) is 35.4 Å². The van der Waals surface area contributed by atoms with Crippen molar-refractivity contribution in [3.63, 3.8) is 0 Å². The van der Waals surface area contributed by atoms with Crippen molar-refractivity contribution in [3.8, 4) is 0 Å². The van der Waals surface area contributed by atoms with E-state index in [1.807, 2.05) is 31.7 Å². The van der Waals surface area contributed by atoms with Crippen LogP contribution in [0.3, 0.4) is 0 Å². The quantitative estimate of drug-likeness (QED) is 0.710. The zero-order valence-corrected chi connectivity index (χ0v) is 19.4. The van der Waals surface area contributed by atoms with Crippen LogP contribution in [-0.2, 0) is 23.3 Å². The molecule has 0 N–H and O–H groups in total. The van der Waals surface area contributed by atoms with Crippen LogP contribution in [0.5, 0.6) is 0 Å². The first kappa shape index (κ1) is 21.2. The molecule has 2 aromatic heterocycles. The molecule has 2 fully saturated rings. The number of rotatable bonds is 4. The summed E-state index contributed by atoms with van der Waals surface area (Å²) in [5.41, 5.74) is 1.61. The van der Waals surface area contributed by atoms with Gasteiger partial charge in [-0.25, -0.2) is 0 Å². The van der Waals surface area contributed by atoms with Crippen molar-refractivity contribution >= 4 is 17.5 Å². The zero-order chi connectivity index (χ0) is 22.8. The topological polar surface area (TPSA) is 83.2 Å². The Labute approximate surface area is 187 Å². The molecule has 2 aromatic rings. The molecule has 0 radical (unpaired) electrons. The smallest absolute Gasteiger partial charge is 0.280 e. The third-order valence-electron chi connectivity index (χ3n) is 6.99. The Morgan fingerprint density at radius 1 is 1.12 bits per heavy atom. The van der Waals surface area contributed by atoms with Gasteiger partial charge in [0.15, 0.2) is 0 Å². The molecule has 5 rings (SSSR count). The van der Waals surface area contributed by atoms with Gasteiger partial charge in [0.25, 0.3) is 11.5 Å². The van der Waals surface area contributed by atoms with E-state index < -0.39 is 0 Å². The minimum atomic E-state index is -0.259. The molecule has 172 valence electrons. The van der Waals surface area contributed by atoms with Gasteiger partial charge in [-0.2, -0.15) is 9.61 Å². The van der Waals surface area contributed by atoms with Gasteiger partial charge < -0.3 is 19.3 Å². The summed E-state index contributed by atoms with van der Waals surface area (Å²) >= 11 is 0. The van der Waals surface area contributed by atoms with E-state index in [1.165, 1.54) is 4.52 Å². The first-order valence-electron chi connectivity index (χ1n) is 11.7. The van der Waals surface area contributed by atoms with Crippen LogP contribution in [0.4, 0.5) is 0 Å². The summed E-state index contributed by atoms with van der Waals surface area (Å²) < 4.78 is 3.14. The van der Waals surface area contributed by atoms with Crippen LogP contribution in [0.15, 0.2) is 10.9 Å². The van der Waals surface area contributed by atoms with Crippen molar-refractivity contribution in [1.29, 1.82) is 0 Å². The molecule has 4 heterocycles. The molecule has 0 bridgehead atoms. The molecule has 2 aliphatic heterocycles. The predicted octanol–water partition coefficient (Wildman–Crippen LogP) is 1.08. The fourth-order valence-electron chi connectivity index (χ4n) is 4.74. The fraction of sp³-hybridized carbons (Fsp3) is 0.652. The molecule has 9 nitrogen and oxygen atoms in total. The van der Waals surface area contributed by atoms with Crippen molar-refractivity contribution in [2.75, 3.05) is 32.7 Å². The van der Waals surface area contributed by atoms with Gasteiger partial charge in [0.1, 0.15) is 17.9 Å². The SMILES string of the molecule is CCN1CCN(C(=O)Cn2c3c(c(=O)n4nc(C(C)(C)C)cc24)CN(C2CC2)C3=O)CC1. The Hall–Kier alpha value is -2.68. The monoisotopic (exact) mass is 440 g/mol. The highest BCUT2D eigenvalue weighted by atomic mass is 16.2. The Morgan fingerprint density at radius 2 is 1.81 bits per heavy atom. The normalized spacial score (nSPS) is 19.8. The maximum Gasteiger partial charge on any atom is 0.280 e. The van der Waals surface area contributed by atoms with Gasteiger partial charge in [-0.05, 0) is 19.4 Å². The highest BCUT2D eigenvalue weighted by molar-refractivity contribution is 5.98. The van der Waals surface area contributed by atoms with Gasteiger partial charge in [0, 0.05) is 43.7 Å². The molecule has 1 aliphatic carbocycles. The average molecular weight is 441 g/mol. The highest BCUT2D eigenvalue weighted by Gasteiger charge is 2.42. The molecule has 1 saturated carbocycles. The summed E-state index contributed by atoms with van der Waals surface area (Å²) in [5.74, 6) is -0.158. The molecule has 3 aliphatic rings. The number of fused-ring (bicyclic) bond motifs is 2. The van der Waals surface area contributed by atoms with E-state index in [0.29, 0.717) is 36.5 Å². The average Bonchev–Trinajstić information content (AvgIpc) is 3.39. The summed E-state index contributed by atoms with van der Waals surface area (Å²) in [6.07, 6.45) is 1.94. The number of amides is 2. The van der Waals surface area contributed by atoms with E-state index in [1.54, 1.807) is 9.47 Å². The van der Waals surface area contributed by atoms with Crippen LogP contribution in [0.2, 0.25) is 0 Å². The van der Waals surface area contributed by atoms with Crippen molar-refractivity contribution in [2.45, 2.75) is 65.1 Å². The Balaban J connectivity index is 1.58. The van der Waals surface area contributed by atoms with E-state index in [0.717, 1.165) is 38.2 Å². The van der Waals surface area contributed by atoms with Crippen molar-refractivity contribution in [1.82, 2.24) is 28.9 Å². The van der Waals surface area contributed by atoms with E-state index in [2.05, 4.69) is 16.9 Å². The Kier molecular flexibility index (Phi) is 4.92. The lowest BCUT2D eigenvalue weighted by Gasteiger charge is -2.34. The second-order valence-corrected chi connectivity index (χ2v) is 10.2. The second kappa shape index (κ2) is 7.43. The molecular formula is C23H32N6O3. The maximum absolute atomic E-state index is 13.3. The lowest BCUT2D eigenvalue weighted by molar-refractivity contribution is -0.133. The molecule has 9 heteroatoms. The molecule has 2 amide bonds. The molecule has 0 unspecified atom stereocenters. The van der Waals surface area contributed by atoms with Gasteiger partial charge >= 0.3 is 0 Å². The predicted molar refractivity (Wildman–Crippen MR) is 120 cm³/mol. The first-order chi connectivity index (χ1) is 15.2. The third-order valence-corrected chi connectivity index (χ3v) is 6.99. The fourth-order valence-corrected chi connectivity index (χ4v) is 4.74. The van der Waals surface area contributed by atoms with E-state index >= 15 is 0 Å². The molecule has 1 saturated heterocycles. The van der Waals surface area contributed by atoms with Gasteiger partial charge in [-0.15, -0.1) is 0 Å². The standard InChI is InChI=1S/C23H32N6O3/c1-5-25-8-10-26(11-9-25)19(30)14-28-18-12-17(23(2,3)4)24-29(18)21(31)16-13-27(15-6-7-15)22(32)20(16)28/h12,15H,5-11,13-14H2,1-4H3. The molecule has 32 heavy (non-hydrogen) atoms. The largest absolute Gasteiger partial charge is 0.339 e. The van der Waals surface area contributed by atoms with Gasteiger partial charge in [-0.1, -0.05) is 27.7 Å². The minimum absolute atomic E-state index is 0.0234. The number of likely N-dealkylation sites (N-methyl/N-ethyl adjacent to an activating group) is 1.